The van der Waals surface area contributed by atoms with E-state index in [1.165, 1.54) is 5.56 Å². The summed E-state index contributed by atoms with van der Waals surface area (Å²) in [5, 5.41) is 0. The van der Waals surface area contributed by atoms with Crippen molar-refractivity contribution >= 4 is 23.1 Å². The number of amides is 1. The summed E-state index contributed by atoms with van der Waals surface area (Å²) in [6.07, 6.45) is 0.425. The Morgan fingerprint density at radius 3 is 2.63 bits per heavy atom. The standard InChI is InChI=1S/C15H22N2OS/c1-10-5-6-11(2)13(7-10)8-14(18)17(4)9-12(3)15(16)19/h5-7,12H,8-9H2,1-4H3,(H2,16,19). The predicted molar refractivity (Wildman–Crippen MR) is 83.2 cm³/mol. The van der Waals surface area contributed by atoms with Crippen LogP contribution in [-0.4, -0.2) is 29.4 Å². The van der Waals surface area contributed by atoms with Crippen LogP contribution in [0.1, 0.15) is 23.6 Å². The van der Waals surface area contributed by atoms with Gasteiger partial charge < -0.3 is 10.6 Å². The number of hydrogen-bond donors (Lipinski definition) is 1. The van der Waals surface area contributed by atoms with Crippen molar-refractivity contribution in [3.63, 3.8) is 0 Å². The van der Waals surface area contributed by atoms with Gasteiger partial charge in [-0.15, -0.1) is 0 Å². The van der Waals surface area contributed by atoms with Gasteiger partial charge in [0, 0.05) is 19.5 Å². The monoisotopic (exact) mass is 278 g/mol. The van der Waals surface area contributed by atoms with E-state index < -0.39 is 0 Å². The van der Waals surface area contributed by atoms with Crippen LogP contribution < -0.4 is 5.73 Å². The summed E-state index contributed by atoms with van der Waals surface area (Å²) in [4.78, 5) is 14.3. The second kappa shape index (κ2) is 6.66. The second-order valence-electron chi connectivity index (χ2n) is 5.18. The number of benzene rings is 1. The van der Waals surface area contributed by atoms with Gasteiger partial charge in [0.15, 0.2) is 0 Å². The molecule has 1 rings (SSSR count). The van der Waals surface area contributed by atoms with Crippen LogP contribution in [-0.2, 0) is 11.2 Å². The maximum Gasteiger partial charge on any atom is 0.226 e. The van der Waals surface area contributed by atoms with Gasteiger partial charge in [0.1, 0.15) is 0 Å². The van der Waals surface area contributed by atoms with Crippen molar-refractivity contribution in [2.24, 2.45) is 11.7 Å². The maximum absolute atomic E-state index is 12.2. The van der Waals surface area contributed by atoms with E-state index in [1.54, 1.807) is 11.9 Å². The van der Waals surface area contributed by atoms with E-state index in [4.69, 9.17) is 18.0 Å². The molecule has 0 aliphatic heterocycles. The third-order valence-corrected chi connectivity index (χ3v) is 3.71. The van der Waals surface area contributed by atoms with Crippen LogP contribution in [0.25, 0.3) is 0 Å². The van der Waals surface area contributed by atoms with E-state index in [2.05, 4.69) is 18.2 Å². The van der Waals surface area contributed by atoms with Crippen LogP contribution >= 0.6 is 12.2 Å². The van der Waals surface area contributed by atoms with Gasteiger partial charge >= 0.3 is 0 Å². The topological polar surface area (TPSA) is 46.3 Å². The van der Waals surface area contributed by atoms with Crippen molar-refractivity contribution in [1.82, 2.24) is 4.90 Å². The van der Waals surface area contributed by atoms with Crippen LogP contribution in [0.4, 0.5) is 0 Å². The SMILES string of the molecule is Cc1ccc(C)c(CC(=O)N(C)CC(C)C(N)=S)c1. The molecule has 1 unspecified atom stereocenters. The average Bonchev–Trinajstić information content (AvgIpc) is 2.33. The lowest BCUT2D eigenvalue weighted by Crippen LogP contribution is -2.36. The Bertz CT molecular complexity index is 485. The molecule has 1 amide bonds. The molecule has 1 atom stereocenters. The van der Waals surface area contributed by atoms with Crippen LogP contribution in [0.2, 0.25) is 0 Å². The van der Waals surface area contributed by atoms with E-state index in [0.717, 1.165) is 11.1 Å². The summed E-state index contributed by atoms with van der Waals surface area (Å²) in [6, 6.07) is 6.18. The molecule has 0 radical (unpaired) electrons. The van der Waals surface area contributed by atoms with Crippen LogP contribution in [0.3, 0.4) is 0 Å². The van der Waals surface area contributed by atoms with Gasteiger partial charge in [0.2, 0.25) is 5.91 Å². The molecule has 0 saturated heterocycles. The molecular formula is C15H22N2OS. The number of carbonyl (C=O) groups excluding carboxylic acids is 1. The second-order valence-corrected chi connectivity index (χ2v) is 5.66. The van der Waals surface area contributed by atoms with E-state index in [9.17, 15) is 4.79 Å². The van der Waals surface area contributed by atoms with E-state index >= 15 is 0 Å². The Labute approximate surface area is 120 Å². The highest BCUT2D eigenvalue weighted by atomic mass is 32.1. The summed E-state index contributed by atoms with van der Waals surface area (Å²) in [7, 11) is 1.79. The smallest absolute Gasteiger partial charge is 0.226 e. The minimum Gasteiger partial charge on any atom is -0.393 e. The molecule has 0 fully saturated rings. The Balaban J connectivity index is 2.68. The van der Waals surface area contributed by atoms with Gasteiger partial charge in [0.05, 0.1) is 11.4 Å². The summed E-state index contributed by atoms with van der Waals surface area (Å²) in [6.45, 7) is 6.56. The number of aryl methyl sites for hydroxylation is 2. The number of thiocarbonyl (C=S) groups is 1. The van der Waals surface area contributed by atoms with Crippen molar-refractivity contribution in [3.05, 3.63) is 34.9 Å². The van der Waals surface area contributed by atoms with Crippen molar-refractivity contribution in [2.45, 2.75) is 27.2 Å². The van der Waals surface area contributed by atoms with E-state index in [0.29, 0.717) is 18.0 Å². The summed E-state index contributed by atoms with van der Waals surface area (Å²) < 4.78 is 0. The Kier molecular flexibility index (Phi) is 5.48. The molecule has 19 heavy (non-hydrogen) atoms. The number of carbonyl (C=O) groups is 1. The zero-order valence-corrected chi connectivity index (χ0v) is 12.9. The van der Waals surface area contributed by atoms with E-state index in [-0.39, 0.29) is 11.8 Å². The highest BCUT2D eigenvalue weighted by Crippen LogP contribution is 2.12. The van der Waals surface area contributed by atoms with Crippen molar-refractivity contribution in [2.75, 3.05) is 13.6 Å². The van der Waals surface area contributed by atoms with Gasteiger partial charge in [0.25, 0.3) is 0 Å². The minimum atomic E-state index is 0.0440. The first-order valence-electron chi connectivity index (χ1n) is 6.40. The average molecular weight is 278 g/mol. The first-order chi connectivity index (χ1) is 8.81. The molecule has 0 aliphatic rings. The highest BCUT2D eigenvalue weighted by Gasteiger charge is 2.15. The van der Waals surface area contributed by atoms with Gasteiger partial charge in [-0.1, -0.05) is 42.9 Å². The molecule has 0 aliphatic carbocycles. The lowest BCUT2D eigenvalue weighted by Gasteiger charge is -2.21. The van der Waals surface area contributed by atoms with Crippen molar-refractivity contribution in [3.8, 4) is 0 Å². The number of likely N-dealkylation sites (N-methyl/N-ethyl adjacent to an activating group) is 1. The summed E-state index contributed by atoms with van der Waals surface area (Å²) in [5.74, 6) is 0.138. The van der Waals surface area contributed by atoms with Crippen LogP contribution in [0, 0.1) is 19.8 Å². The molecule has 3 nitrogen and oxygen atoms in total. The molecule has 0 saturated carbocycles. The fraction of sp³-hybridized carbons (Fsp3) is 0.467. The molecule has 4 heteroatoms. The highest BCUT2D eigenvalue weighted by molar-refractivity contribution is 7.80. The predicted octanol–water partition coefficient (Wildman–Crippen LogP) is 2.23. The largest absolute Gasteiger partial charge is 0.393 e. The lowest BCUT2D eigenvalue weighted by molar-refractivity contribution is -0.129. The molecular weight excluding hydrogens is 256 g/mol. The van der Waals surface area contributed by atoms with Crippen molar-refractivity contribution < 1.29 is 4.79 Å². The Hall–Kier alpha value is -1.42. The molecule has 0 spiro atoms. The van der Waals surface area contributed by atoms with E-state index in [1.807, 2.05) is 20.8 Å². The lowest BCUT2D eigenvalue weighted by atomic mass is 10.0. The molecule has 2 N–H and O–H groups in total. The third kappa shape index (κ3) is 4.63. The zero-order chi connectivity index (χ0) is 14.6. The Morgan fingerprint density at radius 2 is 2.05 bits per heavy atom. The first-order valence-corrected chi connectivity index (χ1v) is 6.81. The third-order valence-electron chi connectivity index (χ3n) is 3.31. The maximum atomic E-state index is 12.2. The van der Waals surface area contributed by atoms with Crippen molar-refractivity contribution in [1.29, 1.82) is 0 Å². The van der Waals surface area contributed by atoms with Gasteiger partial charge in [-0.25, -0.2) is 0 Å². The first kappa shape index (κ1) is 15.6. The molecule has 0 heterocycles. The zero-order valence-electron chi connectivity index (χ0n) is 12.1. The molecule has 0 bridgehead atoms. The number of hydrogen-bond acceptors (Lipinski definition) is 2. The number of nitrogens with two attached hydrogens (primary N) is 1. The summed E-state index contributed by atoms with van der Waals surface area (Å²) >= 11 is 4.93. The fourth-order valence-electron chi connectivity index (χ4n) is 1.89. The fourth-order valence-corrected chi connectivity index (χ4v) is 1.97. The molecule has 1 aromatic carbocycles. The molecule has 0 aromatic heterocycles. The Morgan fingerprint density at radius 1 is 1.42 bits per heavy atom. The van der Waals surface area contributed by atoms with Crippen LogP contribution in [0.5, 0.6) is 0 Å². The molecule has 1 aromatic rings. The normalized spacial score (nSPS) is 12.0. The number of rotatable bonds is 5. The van der Waals surface area contributed by atoms with Gasteiger partial charge in [-0.3, -0.25) is 4.79 Å². The minimum absolute atomic E-state index is 0.0440. The van der Waals surface area contributed by atoms with Crippen LogP contribution in [0.15, 0.2) is 18.2 Å². The number of nitrogens with zero attached hydrogens (tertiary/aromatic N) is 1. The molecule has 104 valence electrons. The summed E-state index contributed by atoms with van der Waals surface area (Å²) in [5.41, 5.74) is 8.98. The van der Waals surface area contributed by atoms with Gasteiger partial charge in [-0.05, 0) is 25.0 Å². The quantitative estimate of drug-likeness (QED) is 0.840. The van der Waals surface area contributed by atoms with Gasteiger partial charge in [-0.2, -0.15) is 0 Å².